The Morgan fingerprint density at radius 3 is 1.48 bits per heavy atom. The van der Waals surface area contributed by atoms with Crippen LogP contribution in [0.2, 0.25) is 0 Å². The van der Waals surface area contributed by atoms with Crippen molar-refractivity contribution in [1.29, 1.82) is 0 Å². The Hall–Kier alpha value is -0.980. The molecule has 0 aliphatic carbocycles. The summed E-state index contributed by atoms with van der Waals surface area (Å²) in [6.45, 7) is 14.0. The van der Waals surface area contributed by atoms with Crippen LogP contribution in [0.3, 0.4) is 0 Å². The molecule has 0 saturated carbocycles. The van der Waals surface area contributed by atoms with Gasteiger partial charge in [-0.2, -0.15) is 0 Å². The molecule has 1 aromatic carbocycles. The zero-order valence-electron chi connectivity index (χ0n) is 22.0. The highest BCUT2D eigenvalue weighted by Gasteiger charge is 2.32. The maximum Gasteiger partial charge on any atom is 0.119 e. The monoisotopic (exact) mass is 430 g/mol. The average Bonchev–Trinajstić information content (AvgIpc) is 2.72. The number of unbranched alkanes of at least 4 members (excludes halogenated alkanes) is 12. The van der Waals surface area contributed by atoms with E-state index in [2.05, 4.69) is 47.6 Å². The number of phenols is 1. The van der Waals surface area contributed by atoms with E-state index in [1.54, 1.807) is 0 Å². The van der Waals surface area contributed by atoms with E-state index in [0.717, 1.165) is 6.42 Å². The SMILES string of the molecule is CCCCCCCCCC(C)(C)c1cccc(O)c1C(C)(C)CCCCCCCCC. The van der Waals surface area contributed by atoms with Gasteiger partial charge in [0.15, 0.2) is 0 Å². The molecule has 0 bridgehead atoms. The summed E-state index contributed by atoms with van der Waals surface area (Å²) in [7, 11) is 0. The number of hydrogen-bond acceptors (Lipinski definition) is 1. The molecule has 0 fully saturated rings. The number of rotatable bonds is 18. The van der Waals surface area contributed by atoms with Gasteiger partial charge in [-0.3, -0.25) is 0 Å². The first kappa shape index (κ1) is 28.1. The summed E-state index contributed by atoms with van der Waals surface area (Å²) in [5, 5.41) is 10.9. The lowest BCUT2D eigenvalue weighted by molar-refractivity contribution is 0.380. The Morgan fingerprint density at radius 1 is 0.581 bits per heavy atom. The van der Waals surface area contributed by atoms with Crippen LogP contribution in [0.25, 0.3) is 0 Å². The number of benzene rings is 1. The minimum Gasteiger partial charge on any atom is -0.508 e. The second-order valence-corrected chi connectivity index (χ2v) is 11.2. The molecule has 0 radical (unpaired) electrons. The van der Waals surface area contributed by atoms with E-state index in [4.69, 9.17) is 0 Å². The molecule has 0 saturated heterocycles. The summed E-state index contributed by atoms with van der Waals surface area (Å²) in [4.78, 5) is 0. The lowest BCUT2D eigenvalue weighted by Gasteiger charge is -2.35. The third-order valence-corrected chi connectivity index (χ3v) is 7.26. The van der Waals surface area contributed by atoms with E-state index in [0.29, 0.717) is 5.75 Å². The van der Waals surface area contributed by atoms with Crippen LogP contribution in [0.4, 0.5) is 0 Å². The highest BCUT2D eigenvalue weighted by molar-refractivity contribution is 5.47. The third kappa shape index (κ3) is 10.5. The topological polar surface area (TPSA) is 20.2 Å². The van der Waals surface area contributed by atoms with Crippen LogP contribution in [0.1, 0.15) is 155 Å². The Bertz CT molecular complexity index is 584. The van der Waals surface area contributed by atoms with Crippen molar-refractivity contribution in [3.63, 3.8) is 0 Å². The largest absolute Gasteiger partial charge is 0.508 e. The standard InChI is InChI=1S/C30H54O/c1-7-9-11-13-15-17-19-24-29(3,4)26-22-21-23-27(31)28(26)30(5,6)25-20-18-16-14-12-10-8-2/h21-23,31H,7-20,24-25H2,1-6H3. The molecular formula is C30H54O. The zero-order chi connectivity index (χ0) is 23.2. The fraction of sp³-hybridized carbons (Fsp3) is 0.800. The molecule has 1 nitrogen and oxygen atoms in total. The van der Waals surface area contributed by atoms with Crippen LogP contribution in [0, 0.1) is 0 Å². The molecule has 1 aromatic rings. The van der Waals surface area contributed by atoms with Gasteiger partial charge in [0.05, 0.1) is 0 Å². The number of hydrogen-bond donors (Lipinski definition) is 1. The minimum absolute atomic E-state index is 0.0154. The zero-order valence-corrected chi connectivity index (χ0v) is 22.0. The molecule has 31 heavy (non-hydrogen) atoms. The predicted octanol–water partition coefficient (Wildman–Crippen LogP) is 10.2. The second kappa shape index (κ2) is 15.0. The Balaban J connectivity index is 2.68. The van der Waals surface area contributed by atoms with Gasteiger partial charge >= 0.3 is 0 Å². The molecule has 1 N–H and O–H groups in total. The quantitative estimate of drug-likeness (QED) is 0.230. The highest BCUT2D eigenvalue weighted by atomic mass is 16.3. The maximum absolute atomic E-state index is 10.9. The van der Waals surface area contributed by atoms with Crippen molar-refractivity contribution in [2.45, 2.75) is 155 Å². The molecule has 0 aliphatic rings. The molecule has 0 amide bonds. The molecular weight excluding hydrogens is 376 g/mol. The van der Waals surface area contributed by atoms with Crippen LogP contribution in [0.5, 0.6) is 5.75 Å². The summed E-state index contributed by atoms with van der Waals surface area (Å²) in [5.74, 6) is 0.498. The lowest BCUT2D eigenvalue weighted by atomic mass is 9.69. The summed E-state index contributed by atoms with van der Waals surface area (Å²) < 4.78 is 0. The molecule has 0 aliphatic heterocycles. The predicted molar refractivity (Wildman–Crippen MR) is 139 cm³/mol. The Morgan fingerprint density at radius 2 is 1.00 bits per heavy atom. The fourth-order valence-corrected chi connectivity index (χ4v) is 5.12. The molecule has 1 rings (SSSR count). The van der Waals surface area contributed by atoms with Crippen molar-refractivity contribution in [1.82, 2.24) is 0 Å². The van der Waals surface area contributed by atoms with Crippen molar-refractivity contribution in [3.8, 4) is 5.75 Å². The van der Waals surface area contributed by atoms with Crippen LogP contribution < -0.4 is 0 Å². The van der Waals surface area contributed by atoms with E-state index >= 15 is 0 Å². The van der Waals surface area contributed by atoms with Crippen molar-refractivity contribution in [2.24, 2.45) is 0 Å². The smallest absolute Gasteiger partial charge is 0.119 e. The summed E-state index contributed by atoms with van der Waals surface area (Å²) in [6, 6.07) is 6.22. The van der Waals surface area contributed by atoms with Gasteiger partial charge in [0.2, 0.25) is 0 Å². The Kier molecular flexibility index (Phi) is 13.5. The fourth-order valence-electron chi connectivity index (χ4n) is 5.12. The average molecular weight is 431 g/mol. The van der Waals surface area contributed by atoms with Crippen molar-refractivity contribution < 1.29 is 5.11 Å². The maximum atomic E-state index is 10.9. The van der Waals surface area contributed by atoms with Gasteiger partial charge < -0.3 is 5.11 Å². The van der Waals surface area contributed by atoms with Gasteiger partial charge in [0.1, 0.15) is 5.75 Å². The van der Waals surface area contributed by atoms with E-state index < -0.39 is 0 Å². The van der Waals surface area contributed by atoms with E-state index in [-0.39, 0.29) is 10.8 Å². The normalized spacial score (nSPS) is 12.5. The van der Waals surface area contributed by atoms with Crippen molar-refractivity contribution in [2.75, 3.05) is 0 Å². The van der Waals surface area contributed by atoms with Crippen molar-refractivity contribution in [3.05, 3.63) is 29.3 Å². The van der Waals surface area contributed by atoms with Crippen LogP contribution in [-0.4, -0.2) is 5.11 Å². The molecule has 0 atom stereocenters. The van der Waals surface area contributed by atoms with Gasteiger partial charge in [0, 0.05) is 5.56 Å². The first-order valence-corrected chi connectivity index (χ1v) is 13.6. The number of aromatic hydroxyl groups is 1. The molecule has 180 valence electrons. The minimum atomic E-state index is 0.0154. The molecule has 1 heteroatoms. The molecule has 0 heterocycles. The molecule has 0 aromatic heterocycles. The van der Waals surface area contributed by atoms with Crippen molar-refractivity contribution >= 4 is 0 Å². The van der Waals surface area contributed by atoms with E-state index in [9.17, 15) is 5.11 Å². The van der Waals surface area contributed by atoms with Crippen LogP contribution in [-0.2, 0) is 10.8 Å². The highest BCUT2D eigenvalue weighted by Crippen LogP contribution is 2.43. The first-order chi connectivity index (χ1) is 14.8. The van der Waals surface area contributed by atoms with Crippen LogP contribution in [0.15, 0.2) is 18.2 Å². The second-order valence-electron chi connectivity index (χ2n) is 11.2. The first-order valence-electron chi connectivity index (χ1n) is 13.6. The van der Waals surface area contributed by atoms with Gasteiger partial charge in [-0.15, -0.1) is 0 Å². The molecule has 0 unspecified atom stereocenters. The van der Waals surface area contributed by atoms with Gasteiger partial charge in [-0.1, -0.05) is 144 Å². The third-order valence-electron chi connectivity index (χ3n) is 7.26. The summed E-state index contributed by atoms with van der Waals surface area (Å²) >= 11 is 0. The number of phenolic OH excluding ortho intramolecular Hbond substituents is 1. The molecule has 0 spiro atoms. The van der Waals surface area contributed by atoms with Gasteiger partial charge in [0.25, 0.3) is 0 Å². The van der Waals surface area contributed by atoms with Crippen LogP contribution >= 0.6 is 0 Å². The van der Waals surface area contributed by atoms with Gasteiger partial charge in [-0.05, 0) is 35.3 Å². The lowest BCUT2D eigenvalue weighted by Crippen LogP contribution is -2.26. The Labute approximate surface area is 195 Å². The van der Waals surface area contributed by atoms with E-state index in [1.807, 2.05) is 12.1 Å². The van der Waals surface area contributed by atoms with E-state index in [1.165, 1.54) is 107 Å². The summed E-state index contributed by atoms with van der Waals surface area (Å²) in [6.07, 6.45) is 21.2. The van der Waals surface area contributed by atoms with Gasteiger partial charge in [-0.25, -0.2) is 0 Å². The summed E-state index contributed by atoms with van der Waals surface area (Å²) in [5.41, 5.74) is 2.69.